The van der Waals surface area contributed by atoms with Crippen molar-refractivity contribution < 1.29 is 9.53 Å². The van der Waals surface area contributed by atoms with Crippen LogP contribution in [-0.4, -0.2) is 13.2 Å². The summed E-state index contributed by atoms with van der Waals surface area (Å²) >= 11 is 0. The second-order valence-electron chi connectivity index (χ2n) is 1.52. The Balaban J connectivity index is 3.43. The molecule has 0 unspecified atom stereocenters. The largest absolute Gasteiger partial charge is 0.453 e. The van der Waals surface area contributed by atoms with Crippen LogP contribution in [0.3, 0.4) is 0 Å². The first-order valence-electron chi connectivity index (χ1n) is 2.93. The molecule has 0 fully saturated rings. The molecule has 0 aromatic heterocycles. The number of hydrogen-bond donors (Lipinski definition) is 1. The lowest BCUT2D eigenvalue weighted by Crippen LogP contribution is -2.15. The van der Waals surface area contributed by atoms with Crippen LogP contribution in [0.4, 0.5) is 4.79 Å². The Bertz CT molecular complexity index is 150. The summed E-state index contributed by atoms with van der Waals surface area (Å²) < 4.78 is 4.31. The van der Waals surface area contributed by atoms with Crippen molar-refractivity contribution in [3.63, 3.8) is 0 Å². The molecule has 0 spiro atoms. The van der Waals surface area contributed by atoms with Gasteiger partial charge in [-0.3, -0.25) is 5.32 Å². The van der Waals surface area contributed by atoms with Gasteiger partial charge >= 0.3 is 6.09 Å². The zero-order valence-corrected chi connectivity index (χ0v) is 6.13. The van der Waals surface area contributed by atoms with Crippen molar-refractivity contribution in [3.05, 3.63) is 24.4 Å². The van der Waals surface area contributed by atoms with E-state index < -0.39 is 6.09 Å². The molecule has 0 aromatic carbocycles. The summed E-state index contributed by atoms with van der Waals surface area (Å²) in [6.07, 6.45) is 6.41. The minimum atomic E-state index is -0.458. The van der Waals surface area contributed by atoms with Gasteiger partial charge in [0.15, 0.2) is 0 Å². The van der Waals surface area contributed by atoms with Gasteiger partial charge in [0.25, 0.3) is 0 Å². The van der Waals surface area contributed by atoms with Gasteiger partial charge in [-0.05, 0) is 13.0 Å². The first-order valence-corrected chi connectivity index (χ1v) is 2.93. The summed E-state index contributed by atoms with van der Waals surface area (Å²) in [5, 5.41) is 2.37. The highest BCUT2D eigenvalue weighted by Crippen LogP contribution is 1.74. The first kappa shape index (κ1) is 8.75. The van der Waals surface area contributed by atoms with Crippen LogP contribution in [-0.2, 0) is 4.74 Å². The molecule has 1 amide bonds. The van der Waals surface area contributed by atoms with Crippen molar-refractivity contribution in [2.24, 2.45) is 0 Å². The number of amides is 1. The average molecular weight is 141 g/mol. The van der Waals surface area contributed by atoms with E-state index in [1.807, 2.05) is 13.0 Å². The van der Waals surface area contributed by atoms with Gasteiger partial charge in [0, 0.05) is 6.20 Å². The van der Waals surface area contributed by atoms with Gasteiger partial charge in [-0.1, -0.05) is 12.2 Å². The number of ether oxygens (including phenoxy) is 1. The smallest absolute Gasteiger partial charge is 0.410 e. The molecular formula is C7H11NO2. The van der Waals surface area contributed by atoms with E-state index in [1.54, 1.807) is 12.2 Å². The van der Waals surface area contributed by atoms with Crippen LogP contribution in [0.2, 0.25) is 0 Å². The third kappa shape index (κ3) is 4.90. The molecule has 0 saturated carbocycles. The van der Waals surface area contributed by atoms with E-state index in [0.717, 1.165) is 0 Å². The van der Waals surface area contributed by atoms with Gasteiger partial charge in [-0.2, -0.15) is 0 Å². The lowest BCUT2D eigenvalue weighted by atomic mass is 10.5. The Hall–Kier alpha value is -1.25. The van der Waals surface area contributed by atoms with Gasteiger partial charge in [0.1, 0.15) is 0 Å². The molecule has 0 aliphatic carbocycles. The molecule has 0 aromatic rings. The highest BCUT2D eigenvalue weighted by atomic mass is 16.5. The van der Waals surface area contributed by atoms with Crippen molar-refractivity contribution in [3.8, 4) is 0 Å². The maximum absolute atomic E-state index is 10.4. The molecule has 0 bridgehead atoms. The zero-order chi connectivity index (χ0) is 7.82. The van der Waals surface area contributed by atoms with E-state index in [0.29, 0.717) is 0 Å². The average Bonchev–Trinajstić information content (AvgIpc) is 1.98. The van der Waals surface area contributed by atoms with Gasteiger partial charge in [0.2, 0.25) is 0 Å². The molecule has 10 heavy (non-hydrogen) atoms. The molecule has 0 aliphatic heterocycles. The fraction of sp³-hybridized carbons (Fsp3) is 0.286. The number of rotatable bonds is 2. The molecule has 0 heterocycles. The molecule has 1 N–H and O–H groups in total. The van der Waals surface area contributed by atoms with E-state index in [1.165, 1.54) is 13.3 Å². The lowest BCUT2D eigenvalue weighted by Gasteiger charge is -1.93. The number of nitrogens with one attached hydrogen (secondary N) is 1. The van der Waals surface area contributed by atoms with Gasteiger partial charge < -0.3 is 4.74 Å². The third-order valence-electron chi connectivity index (χ3n) is 0.786. The van der Waals surface area contributed by atoms with Gasteiger partial charge in [0.05, 0.1) is 7.11 Å². The summed E-state index contributed by atoms with van der Waals surface area (Å²) in [6.45, 7) is 1.89. The molecular weight excluding hydrogens is 130 g/mol. The fourth-order valence-corrected chi connectivity index (χ4v) is 0.342. The summed E-state index contributed by atoms with van der Waals surface area (Å²) in [5.74, 6) is 0. The predicted molar refractivity (Wildman–Crippen MR) is 39.5 cm³/mol. The van der Waals surface area contributed by atoms with Crippen molar-refractivity contribution in [2.75, 3.05) is 7.11 Å². The molecule has 0 aliphatic rings. The number of allylic oxidation sites excluding steroid dienone is 3. The van der Waals surface area contributed by atoms with Crippen molar-refractivity contribution in [1.29, 1.82) is 0 Å². The first-order chi connectivity index (χ1) is 4.81. The van der Waals surface area contributed by atoms with Crippen LogP contribution in [0.15, 0.2) is 24.4 Å². The van der Waals surface area contributed by atoms with E-state index in [4.69, 9.17) is 0 Å². The topological polar surface area (TPSA) is 38.3 Å². The van der Waals surface area contributed by atoms with Crippen LogP contribution >= 0.6 is 0 Å². The summed E-state index contributed by atoms with van der Waals surface area (Å²) in [7, 11) is 1.32. The second-order valence-corrected chi connectivity index (χ2v) is 1.52. The second kappa shape index (κ2) is 5.88. The number of methoxy groups -OCH3 is 1. The van der Waals surface area contributed by atoms with E-state index in [2.05, 4.69) is 10.1 Å². The van der Waals surface area contributed by atoms with Crippen molar-refractivity contribution in [1.82, 2.24) is 5.32 Å². The summed E-state index contributed by atoms with van der Waals surface area (Å²) in [5.41, 5.74) is 0. The van der Waals surface area contributed by atoms with Gasteiger partial charge in [-0.15, -0.1) is 0 Å². The minimum Gasteiger partial charge on any atom is -0.453 e. The van der Waals surface area contributed by atoms with Crippen LogP contribution in [0.5, 0.6) is 0 Å². The van der Waals surface area contributed by atoms with E-state index in [9.17, 15) is 4.79 Å². The zero-order valence-electron chi connectivity index (χ0n) is 6.13. The van der Waals surface area contributed by atoms with Crippen LogP contribution < -0.4 is 5.32 Å². The Labute approximate surface area is 60.4 Å². The molecule has 0 atom stereocenters. The quantitative estimate of drug-likeness (QED) is 0.591. The Kier molecular flexibility index (Phi) is 5.14. The van der Waals surface area contributed by atoms with Crippen molar-refractivity contribution >= 4 is 6.09 Å². The number of carbonyl (C=O) groups is 1. The minimum absolute atomic E-state index is 0.458. The maximum Gasteiger partial charge on any atom is 0.410 e. The number of carbonyl (C=O) groups excluding carboxylic acids is 1. The fourth-order valence-electron chi connectivity index (χ4n) is 0.342. The van der Waals surface area contributed by atoms with E-state index in [-0.39, 0.29) is 0 Å². The van der Waals surface area contributed by atoms with Crippen LogP contribution in [0, 0.1) is 0 Å². The molecule has 0 radical (unpaired) electrons. The predicted octanol–water partition coefficient (Wildman–Crippen LogP) is 1.43. The third-order valence-corrected chi connectivity index (χ3v) is 0.786. The Morgan fingerprint density at radius 1 is 1.50 bits per heavy atom. The molecule has 3 nitrogen and oxygen atoms in total. The lowest BCUT2D eigenvalue weighted by molar-refractivity contribution is 0.175. The molecule has 0 rings (SSSR count). The summed E-state index contributed by atoms with van der Waals surface area (Å²) in [4.78, 5) is 10.4. The highest BCUT2D eigenvalue weighted by molar-refractivity contribution is 5.68. The molecule has 56 valence electrons. The van der Waals surface area contributed by atoms with Crippen LogP contribution in [0.1, 0.15) is 6.92 Å². The van der Waals surface area contributed by atoms with Crippen LogP contribution in [0.25, 0.3) is 0 Å². The van der Waals surface area contributed by atoms with Crippen molar-refractivity contribution in [2.45, 2.75) is 6.92 Å². The Morgan fingerprint density at radius 2 is 2.20 bits per heavy atom. The number of alkyl carbamates (subject to hydrolysis) is 1. The monoisotopic (exact) mass is 141 g/mol. The summed E-state index contributed by atoms with van der Waals surface area (Å²) in [6, 6.07) is 0. The van der Waals surface area contributed by atoms with E-state index >= 15 is 0 Å². The molecule has 0 saturated heterocycles. The molecule has 3 heteroatoms. The van der Waals surface area contributed by atoms with Gasteiger partial charge in [-0.25, -0.2) is 4.79 Å². The highest BCUT2D eigenvalue weighted by Gasteiger charge is 1.88. The SMILES string of the molecule is CC=CC=CNC(=O)OC. The number of hydrogen-bond acceptors (Lipinski definition) is 2. The maximum atomic E-state index is 10.4. The Morgan fingerprint density at radius 3 is 2.70 bits per heavy atom. The standard InChI is InChI=1S/C7H11NO2/c1-3-4-5-6-8-7(9)10-2/h3-6H,1-2H3,(H,8,9). The normalized spacial score (nSPS) is 10.6.